The first kappa shape index (κ1) is 15.0. The van der Waals surface area contributed by atoms with Gasteiger partial charge in [-0.2, -0.15) is 0 Å². The summed E-state index contributed by atoms with van der Waals surface area (Å²) in [6.45, 7) is 6.51. The van der Waals surface area contributed by atoms with Gasteiger partial charge >= 0.3 is 0 Å². The van der Waals surface area contributed by atoms with Gasteiger partial charge in [0.25, 0.3) is 0 Å². The second kappa shape index (κ2) is 5.54. The van der Waals surface area contributed by atoms with Crippen LogP contribution in [0.4, 0.5) is 5.69 Å². The van der Waals surface area contributed by atoms with Crippen LogP contribution in [0.1, 0.15) is 43.1 Å². The van der Waals surface area contributed by atoms with Crippen LogP contribution in [0.2, 0.25) is 0 Å². The van der Waals surface area contributed by atoms with Crippen LogP contribution in [0.25, 0.3) is 0 Å². The van der Waals surface area contributed by atoms with E-state index >= 15 is 0 Å². The fraction of sp³-hybridized carbons (Fsp3) is 0.438. The van der Waals surface area contributed by atoms with Gasteiger partial charge in [-0.25, -0.2) is 4.98 Å². The third-order valence-electron chi connectivity index (χ3n) is 3.33. The van der Waals surface area contributed by atoms with E-state index in [9.17, 15) is 0 Å². The number of hydrogen-bond donors (Lipinski definition) is 1. The van der Waals surface area contributed by atoms with Gasteiger partial charge in [-0.05, 0) is 17.7 Å². The third-order valence-corrected chi connectivity index (χ3v) is 4.25. The van der Waals surface area contributed by atoms with Gasteiger partial charge in [-0.15, -0.1) is 11.3 Å². The Morgan fingerprint density at radius 1 is 1.15 bits per heavy atom. The molecule has 3 nitrogen and oxygen atoms in total. The van der Waals surface area contributed by atoms with Crippen molar-refractivity contribution in [2.75, 3.05) is 19.0 Å². The first-order valence-electron chi connectivity index (χ1n) is 6.78. The zero-order chi connectivity index (χ0) is 14.9. The Hall–Kier alpha value is -1.39. The average Bonchev–Trinajstić information content (AvgIpc) is 2.87. The highest BCUT2D eigenvalue weighted by Crippen LogP contribution is 2.29. The van der Waals surface area contributed by atoms with Crippen molar-refractivity contribution in [1.29, 1.82) is 0 Å². The number of aromatic nitrogens is 1. The van der Waals surface area contributed by atoms with Crippen molar-refractivity contribution in [2.45, 2.75) is 32.2 Å². The fourth-order valence-corrected chi connectivity index (χ4v) is 2.97. The van der Waals surface area contributed by atoms with Gasteiger partial charge in [-0.3, -0.25) is 0 Å². The number of anilines is 1. The van der Waals surface area contributed by atoms with Crippen LogP contribution in [0.5, 0.6) is 0 Å². The molecule has 0 spiro atoms. The Kier molecular flexibility index (Phi) is 4.16. The molecule has 1 aromatic heterocycles. The van der Waals surface area contributed by atoms with E-state index in [0.717, 1.165) is 16.3 Å². The lowest BCUT2D eigenvalue weighted by Gasteiger charge is -2.16. The quantitative estimate of drug-likeness (QED) is 0.939. The molecule has 4 heteroatoms. The summed E-state index contributed by atoms with van der Waals surface area (Å²) < 4.78 is 0. The van der Waals surface area contributed by atoms with Crippen molar-refractivity contribution in [3.63, 3.8) is 0 Å². The summed E-state index contributed by atoms with van der Waals surface area (Å²) in [4.78, 5) is 6.78. The predicted octanol–water partition coefficient (Wildman–Crippen LogP) is 3.55. The largest absolute Gasteiger partial charge is 0.378 e. The smallest absolute Gasteiger partial charge is 0.114 e. The van der Waals surface area contributed by atoms with Crippen LogP contribution in [0.3, 0.4) is 0 Å². The summed E-state index contributed by atoms with van der Waals surface area (Å²) in [5.41, 5.74) is 9.79. The van der Waals surface area contributed by atoms with E-state index in [1.807, 2.05) is 14.1 Å². The fourth-order valence-electron chi connectivity index (χ4n) is 1.90. The lowest BCUT2D eigenvalue weighted by atomic mass is 9.93. The molecular formula is C16H23N3S. The van der Waals surface area contributed by atoms with E-state index < -0.39 is 0 Å². The molecule has 0 aliphatic rings. The predicted molar refractivity (Wildman–Crippen MR) is 87.6 cm³/mol. The molecule has 2 rings (SSSR count). The first-order chi connectivity index (χ1) is 9.29. The molecular weight excluding hydrogens is 266 g/mol. The third kappa shape index (κ3) is 3.19. The monoisotopic (exact) mass is 289 g/mol. The van der Waals surface area contributed by atoms with Gasteiger partial charge in [0.05, 0.1) is 11.7 Å². The summed E-state index contributed by atoms with van der Waals surface area (Å²) in [7, 11) is 4.07. The van der Waals surface area contributed by atoms with Crippen molar-refractivity contribution in [2.24, 2.45) is 5.73 Å². The van der Waals surface area contributed by atoms with Crippen molar-refractivity contribution in [3.8, 4) is 0 Å². The van der Waals surface area contributed by atoms with Crippen molar-refractivity contribution >= 4 is 17.0 Å². The summed E-state index contributed by atoms with van der Waals surface area (Å²) >= 11 is 1.64. The zero-order valence-electron chi connectivity index (χ0n) is 12.8. The Morgan fingerprint density at radius 2 is 1.75 bits per heavy atom. The van der Waals surface area contributed by atoms with E-state index in [0.29, 0.717) is 0 Å². The minimum Gasteiger partial charge on any atom is -0.378 e. The molecule has 1 aromatic carbocycles. The molecule has 0 fully saturated rings. The zero-order valence-corrected chi connectivity index (χ0v) is 13.7. The lowest BCUT2D eigenvalue weighted by molar-refractivity contribution is 0.569. The number of thiazole rings is 1. The molecule has 0 amide bonds. The van der Waals surface area contributed by atoms with E-state index in [2.05, 4.69) is 55.3 Å². The molecule has 0 aliphatic carbocycles. The molecule has 0 bridgehead atoms. The first-order valence-corrected chi connectivity index (χ1v) is 7.66. The van der Waals surface area contributed by atoms with E-state index in [1.54, 1.807) is 11.3 Å². The summed E-state index contributed by atoms with van der Waals surface area (Å²) in [5, 5.41) is 3.09. The number of nitrogens with two attached hydrogens (primary N) is 1. The highest BCUT2D eigenvalue weighted by atomic mass is 32.1. The van der Waals surface area contributed by atoms with Gasteiger partial charge in [0.15, 0.2) is 0 Å². The second-order valence-electron chi connectivity index (χ2n) is 6.28. The standard InChI is InChI=1S/C16H23N3S/c1-16(2,3)13-10-20-15(18-13)14(17)11-6-8-12(9-7-11)19(4)5/h6-10,14H,17H2,1-5H3. The summed E-state index contributed by atoms with van der Waals surface area (Å²) in [5.74, 6) is 0. The van der Waals surface area contributed by atoms with Gasteiger partial charge in [0.2, 0.25) is 0 Å². The number of benzene rings is 1. The highest BCUT2D eigenvalue weighted by Gasteiger charge is 2.20. The summed E-state index contributed by atoms with van der Waals surface area (Å²) in [6, 6.07) is 8.20. The number of rotatable bonds is 3. The highest BCUT2D eigenvalue weighted by molar-refractivity contribution is 7.09. The maximum absolute atomic E-state index is 6.33. The molecule has 2 aromatic rings. The topological polar surface area (TPSA) is 42.1 Å². The SMILES string of the molecule is CN(C)c1ccc(C(N)c2nc(C(C)(C)C)cs2)cc1. The molecule has 1 atom stereocenters. The molecule has 0 radical (unpaired) electrons. The van der Waals surface area contributed by atoms with Gasteiger partial charge < -0.3 is 10.6 Å². The van der Waals surface area contributed by atoms with E-state index in [4.69, 9.17) is 10.7 Å². The van der Waals surface area contributed by atoms with Crippen LogP contribution in [-0.4, -0.2) is 19.1 Å². The number of nitrogens with zero attached hydrogens (tertiary/aromatic N) is 2. The van der Waals surface area contributed by atoms with Crippen LogP contribution < -0.4 is 10.6 Å². The molecule has 1 unspecified atom stereocenters. The van der Waals surface area contributed by atoms with E-state index in [1.165, 1.54) is 5.69 Å². The summed E-state index contributed by atoms with van der Waals surface area (Å²) in [6.07, 6.45) is 0. The normalized spacial score (nSPS) is 13.3. The maximum Gasteiger partial charge on any atom is 0.114 e. The molecule has 20 heavy (non-hydrogen) atoms. The molecule has 1 heterocycles. The van der Waals surface area contributed by atoms with Crippen molar-refractivity contribution < 1.29 is 0 Å². The van der Waals surface area contributed by atoms with Gasteiger partial charge in [0.1, 0.15) is 5.01 Å². The molecule has 0 aliphatic heterocycles. The lowest BCUT2D eigenvalue weighted by Crippen LogP contribution is -2.15. The van der Waals surface area contributed by atoms with Gasteiger partial charge in [0, 0.05) is 30.6 Å². The Balaban J connectivity index is 2.22. The maximum atomic E-state index is 6.33. The molecule has 0 saturated carbocycles. The Labute approximate surface area is 125 Å². The van der Waals surface area contributed by atoms with E-state index in [-0.39, 0.29) is 11.5 Å². The van der Waals surface area contributed by atoms with Gasteiger partial charge in [-0.1, -0.05) is 32.9 Å². The van der Waals surface area contributed by atoms with Crippen LogP contribution in [0, 0.1) is 0 Å². The Morgan fingerprint density at radius 3 is 2.20 bits per heavy atom. The number of hydrogen-bond acceptors (Lipinski definition) is 4. The minimum atomic E-state index is -0.146. The van der Waals surface area contributed by atoms with Crippen LogP contribution >= 0.6 is 11.3 Å². The minimum absolute atomic E-state index is 0.0727. The van der Waals surface area contributed by atoms with Crippen molar-refractivity contribution in [1.82, 2.24) is 4.98 Å². The average molecular weight is 289 g/mol. The molecule has 108 valence electrons. The van der Waals surface area contributed by atoms with Crippen LogP contribution in [-0.2, 0) is 5.41 Å². The Bertz CT molecular complexity index is 564. The molecule has 2 N–H and O–H groups in total. The second-order valence-corrected chi connectivity index (χ2v) is 7.17. The van der Waals surface area contributed by atoms with Crippen LogP contribution in [0.15, 0.2) is 29.6 Å². The van der Waals surface area contributed by atoms with Crippen molar-refractivity contribution in [3.05, 3.63) is 45.9 Å². The molecule has 0 saturated heterocycles.